The molecule has 1 aromatic carbocycles. The van der Waals surface area contributed by atoms with Crippen molar-refractivity contribution in [3.05, 3.63) is 61.5 Å². The van der Waals surface area contributed by atoms with Crippen molar-refractivity contribution >= 4 is 22.8 Å². The average molecular weight is 366 g/mol. The standard InChI is InChI=1S/C14H18N6O6/c1-9(6-7-18-14(22)5-4-13(21)17-18)15-16-11-3-2-10(19(23)24)8-12(11)20(25)26/h2-5,8,16,19-20,23,25H,6-7H2,1H3,(H,17,21)/b15-9-. The third-order valence-corrected chi connectivity index (χ3v) is 3.45. The van der Waals surface area contributed by atoms with Crippen LogP contribution < -0.4 is 27.0 Å². The number of benzene rings is 1. The molecule has 0 fully saturated rings. The molecular formula is C14H18N6O6. The lowest BCUT2D eigenvalue weighted by Gasteiger charge is -2.18. The van der Waals surface area contributed by atoms with Gasteiger partial charge < -0.3 is 10.4 Å². The molecule has 0 aliphatic rings. The van der Waals surface area contributed by atoms with Gasteiger partial charge in [-0.05, 0) is 13.0 Å². The molecule has 140 valence electrons. The molecule has 1 aromatic heterocycles. The van der Waals surface area contributed by atoms with Crippen LogP contribution in [0, 0.1) is 10.4 Å². The number of anilines is 1. The van der Waals surface area contributed by atoms with Crippen molar-refractivity contribution in [1.29, 1.82) is 0 Å². The Bertz CT molecular complexity index is 903. The van der Waals surface area contributed by atoms with Gasteiger partial charge >= 0.3 is 0 Å². The second-order valence-corrected chi connectivity index (χ2v) is 5.38. The Morgan fingerprint density at radius 1 is 1.23 bits per heavy atom. The van der Waals surface area contributed by atoms with Gasteiger partial charge in [0.15, 0.2) is 11.4 Å². The fourth-order valence-electron chi connectivity index (χ4n) is 2.07. The number of hydrogen-bond acceptors (Lipinski definition) is 8. The smallest absolute Gasteiger partial charge is 0.265 e. The quantitative estimate of drug-likeness (QED) is 0.248. The second-order valence-electron chi connectivity index (χ2n) is 5.38. The number of nitrogens with zero attached hydrogens (tertiary/aromatic N) is 2. The highest BCUT2D eigenvalue weighted by molar-refractivity contribution is 5.83. The number of hydrogen-bond donors (Lipinski definition) is 6. The summed E-state index contributed by atoms with van der Waals surface area (Å²) in [5.74, 6) is 0. The monoisotopic (exact) mass is 366 g/mol. The van der Waals surface area contributed by atoms with Crippen LogP contribution in [0.25, 0.3) is 0 Å². The minimum atomic E-state index is -1.29. The van der Waals surface area contributed by atoms with E-state index in [2.05, 4.69) is 15.6 Å². The lowest BCUT2D eigenvalue weighted by Crippen LogP contribution is -3.00. The van der Waals surface area contributed by atoms with E-state index >= 15 is 0 Å². The van der Waals surface area contributed by atoms with Gasteiger partial charge in [0.05, 0.1) is 6.07 Å². The third-order valence-electron chi connectivity index (χ3n) is 3.45. The van der Waals surface area contributed by atoms with Crippen molar-refractivity contribution in [2.45, 2.75) is 19.9 Å². The van der Waals surface area contributed by atoms with E-state index in [0.29, 0.717) is 12.1 Å². The first kappa shape index (κ1) is 19.5. The molecule has 12 heteroatoms. The maximum absolute atomic E-state index is 11.6. The van der Waals surface area contributed by atoms with Gasteiger partial charge in [-0.15, -0.1) is 0 Å². The van der Waals surface area contributed by atoms with Gasteiger partial charge in [0.1, 0.15) is 5.69 Å². The van der Waals surface area contributed by atoms with Gasteiger partial charge in [-0.2, -0.15) is 15.6 Å². The average Bonchev–Trinajstić information content (AvgIpc) is 2.60. The largest absolute Gasteiger partial charge is 0.595 e. The van der Waals surface area contributed by atoms with Gasteiger partial charge in [0.25, 0.3) is 11.1 Å². The maximum Gasteiger partial charge on any atom is 0.265 e. The first-order valence-corrected chi connectivity index (χ1v) is 7.48. The molecule has 1 heterocycles. The zero-order valence-electron chi connectivity index (χ0n) is 13.7. The summed E-state index contributed by atoms with van der Waals surface area (Å²) in [6.45, 7) is 1.85. The molecule has 2 rings (SSSR count). The number of aromatic amines is 1. The highest BCUT2D eigenvalue weighted by Gasteiger charge is 2.13. The Labute approximate surface area is 146 Å². The highest BCUT2D eigenvalue weighted by atomic mass is 16.8. The summed E-state index contributed by atoms with van der Waals surface area (Å²) in [6.07, 6.45) is 0.322. The lowest BCUT2D eigenvalue weighted by atomic mass is 10.2. The summed E-state index contributed by atoms with van der Waals surface area (Å²) in [5.41, 5.74) is 2.11. The molecule has 0 spiro atoms. The summed E-state index contributed by atoms with van der Waals surface area (Å²) in [6, 6.07) is 5.90. The molecule has 0 saturated heterocycles. The van der Waals surface area contributed by atoms with Crippen molar-refractivity contribution in [2.75, 3.05) is 5.43 Å². The second kappa shape index (κ2) is 8.48. The molecule has 0 saturated carbocycles. The van der Waals surface area contributed by atoms with Crippen LogP contribution in [0.15, 0.2) is 45.0 Å². The molecular weight excluding hydrogens is 348 g/mol. The predicted molar refractivity (Wildman–Crippen MR) is 90.7 cm³/mol. The molecule has 2 unspecified atom stereocenters. The summed E-state index contributed by atoms with van der Waals surface area (Å²) in [7, 11) is 0. The molecule has 12 nitrogen and oxygen atoms in total. The summed E-state index contributed by atoms with van der Waals surface area (Å²) < 4.78 is 1.14. The minimum absolute atomic E-state index is 0.132. The van der Waals surface area contributed by atoms with E-state index in [0.717, 1.165) is 22.9 Å². The Kier molecular flexibility index (Phi) is 6.35. The number of aromatic nitrogens is 2. The molecule has 26 heavy (non-hydrogen) atoms. The van der Waals surface area contributed by atoms with Crippen LogP contribution >= 0.6 is 0 Å². The number of aryl methyl sites for hydroxylation is 1. The molecule has 0 amide bonds. The summed E-state index contributed by atoms with van der Waals surface area (Å²) >= 11 is 0. The maximum atomic E-state index is 11.6. The molecule has 0 radical (unpaired) electrons. The van der Waals surface area contributed by atoms with Gasteiger partial charge in [-0.25, -0.2) is 15.1 Å². The first-order chi connectivity index (χ1) is 12.3. The fourth-order valence-corrected chi connectivity index (χ4v) is 2.07. The Morgan fingerprint density at radius 3 is 2.62 bits per heavy atom. The third kappa shape index (κ3) is 5.06. The molecule has 2 atom stereocenters. The minimum Gasteiger partial charge on any atom is -0.595 e. The SMILES string of the molecule is C/C(CCn1[nH]c(=O)ccc1=O)=N/Nc1ccc([NH+]([O-])O)cc1[NH+]([O-])O. The van der Waals surface area contributed by atoms with E-state index in [1.54, 1.807) is 6.92 Å². The molecule has 0 aliphatic heterocycles. The number of nitrogens with one attached hydrogen (secondary N) is 4. The molecule has 0 aliphatic carbocycles. The van der Waals surface area contributed by atoms with Crippen LogP contribution in [0.1, 0.15) is 13.3 Å². The van der Waals surface area contributed by atoms with E-state index in [1.165, 1.54) is 12.1 Å². The summed E-state index contributed by atoms with van der Waals surface area (Å²) in [5, 5.41) is 44.2. The van der Waals surface area contributed by atoms with Crippen molar-refractivity contribution < 1.29 is 20.9 Å². The van der Waals surface area contributed by atoms with E-state index in [-0.39, 0.29) is 29.2 Å². The normalized spacial score (nSPS) is 14.1. The fraction of sp³-hybridized carbons (Fsp3) is 0.214. The Morgan fingerprint density at radius 2 is 1.96 bits per heavy atom. The topological polar surface area (TPSA) is 175 Å². The van der Waals surface area contributed by atoms with Crippen molar-refractivity contribution in [1.82, 2.24) is 9.78 Å². The number of hydrazone groups is 1. The molecule has 6 N–H and O–H groups in total. The lowest BCUT2D eigenvalue weighted by molar-refractivity contribution is -0.996. The van der Waals surface area contributed by atoms with Gasteiger partial charge in [-0.1, -0.05) is 0 Å². The van der Waals surface area contributed by atoms with Crippen LogP contribution in [0.2, 0.25) is 0 Å². The van der Waals surface area contributed by atoms with Crippen molar-refractivity contribution in [3.8, 4) is 0 Å². The van der Waals surface area contributed by atoms with Gasteiger partial charge in [0, 0.05) is 36.9 Å². The zero-order chi connectivity index (χ0) is 19.3. The molecule has 2 aromatic rings. The Balaban J connectivity index is 2.09. The van der Waals surface area contributed by atoms with E-state index < -0.39 is 16.0 Å². The van der Waals surface area contributed by atoms with Gasteiger partial charge in [-0.3, -0.25) is 20.1 Å². The Hall–Kier alpha value is -2.87. The zero-order valence-corrected chi connectivity index (χ0v) is 13.7. The van der Waals surface area contributed by atoms with Crippen LogP contribution in [0.3, 0.4) is 0 Å². The number of quaternary nitrogens is 2. The number of H-pyrrole nitrogens is 1. The van der Waals surface area contributed by atoms with E-state index in [9.17, 15) is 25.2 Å². The number of rotatable bonds is 7. The van der Waals surface area contributed by atoms with Crippen LogP contribution in [-0.2, 0) is 6.54 Å². The first-order valence-electron chi connectivity index (χ1n) is 7.48. The predicted octanol–water partition coefficient (Wildman–Crippen LogP) is -1.78. The van der Waals surface area contributed by atoms with E-state index in [4.69, 9.17) is 5.21 Å². The van der Waals surface area contributed by atoms with Crippen molar-refractivity contribution in [2.24, 2.45) is 5.10 Å². The summed E-state index contributed by atoms with van der Waals surface area (Å²) in [4.78, 5) is 22.8. The van der Waals surface area contributed by atoms with E-state index in [1.807, 2.05) is 0 Å². The van der Waals surface area contributed by atoms with Crippen LogP contribution in [0.4, 0.5) is 17.1 Å². The highest BCUT2D eigenvalue weighted by Crippen LogP contribution is 2.20. The molecule has 0 bridgehead atoms. The van der Waals surface area contributed by atoms with Crippen molar-refractivity contribution in [3.63, 3.8) is 0 Å². The van der Waals surface area contributed by atoms with Crippen LogP contribution in [-0.4, -0.2) is 25.9 Å². The van der Waals surface area contributed by atoms with Gasteiger partial charge in [0.2, 0.25) is 0 Å². The van der Waals surface area contributed by atoms with Crippen LogP contribution in [0.5, 0.6) is 0 Å².